The molecule has 2 heterocycles. The minimum atomic E-state index is -0.215. The molecule has 3 aromatic carbocycles. The Morgan fingerprint density at radius 1 is 0.846 bits per heavy atom. The lowest BCUT2D eigenvalue weighted by molar-refractivity contribution is 0.0955. The molecule has 0 bridgehead atoms. The van der Waals surface area contributed by atoms with Crippen molar-refractivity contribution in [2.75, 3.05) is 26.2 Å². The van der Waals surface area contributed by atoms with E-state index in [1.807, 2.05) is 36.4 Å². The number of hydrogen-bond acceptors (Lipinski definition) is 4. The molecule has 0 spiro atoms. The minimum absolute atomic E-state index is 0.215. The second-order valence-electron chi connectivity index (χ2n) is 10.1. The van der Waals surface area contributed by atoms with E-state index in [-0.39, 0.29) is 5.91 Å². The van der Waals surface area contributed by atoms with Crippen LogP contribution in [0.3, 0.4) is 0 Å². The van der Waals surface area contributed by atoms with E-state index in [0.29, 0.717) is 5.56 Å². The van der Waals surface area contributed by atoms with Crippen LogP contribution in [0.1, 0.15) is 38.4 Å². The lowest BCUT2D eigenvalue weighted by Gasteiger charge is -2.34. The van der Waals surface area contributed by atoms with Crippen LogP contribution in [-0.2, 0) is 13.1 Å². The van der Waals surface area contributed by atoms with Crippen molar-refractivity contribution in [1.82, 2.24) is 19.8 Å². The van der Waals surface area contributed by atoms with E-state index < -0.39 is 0 Å². The van der Waals surface area contributed by atoms with Gasteiger partial charge in [-0.05, 0) is 61.4 Å². The van der Waals surface area contributed by atoms with Crippen molar-refractivity contribution in [2.45, 2.75) is 26.9 Å². The molecule has 1 N–H and O–H groups in total. The molecular weight excluding hydrogens is 550 g/mol. The number of aromatic nitrogens is 1. The summed E-state index contributed by atoms with van der Waals surface area (Å²) in [5.74, 6) is -0.215. The van der Waals surface area contributed by atoms with Gasteiger partial charge in [0.2, 0.25) is 0 Å². The van der Waals surface area contributed by atoms with Crippen LogP contribution in [0.25, 0.3) is 5.69 Å². The van der Waals surface area contributed by atoms with Crippen molar-refractivity contribution < 1.29 is 4.79 Å². The SMILES string of the molecule is Cc1cc(/C=N\NC(=O)c2ccc(CN3CCN(Cc4ccccc4)CC3)cc2)c(C)n1-c1cccc(Br)c1. The van der Waals surface area contributed by atoms with Crippen molar-refractivity contribution in [1.29, 1.82) is 0 Å². The molecule has 7 heteroatoms. The van der Waals surface area contributed by atoms with E-state index in [1.165, 1.54) is 11.1 Å². The zero-order valence-corrected chi connectivity index (χ0v) is 24.1. The van der Waals surface area contributed by atoms with Crippen LogP contribution in [0.15, 0.2) is 94.5 Å². The second-order valence-corrected chi connectivity index (χ2v) is 11.0. The number of halogens is 1. The number of aryl methyl sites for hydroxylation is 1. The van der Waals surface area contributed by atoms with Crippen LogP contribution in [-0.4, -0.2) is 52.7 Å². The third-order valence-electron chi connectivity index (χ3n) is 7.24. The molecule has 39 heavy (non-hydrogen) atoms. The van der Waals surface area contributed by atoms with Crippen molar-refractivity contribution in [3.63, 3.8) is 0 Å². The number of hydrazone groups is 1. The van der Waals surface area contributed by atoms with Gasteiger partial charge >= 0.3 is 0 Å². The maximum atomic E-state index is 12.7. The summed E-state index contributed by atoms with van der Waals surface area (Å²) in [6, 6.07) is 28.8. The monoisotopic (exact) mass is 583 g/mol. The van der Waals surface area contributed by atoms with E-state index >= 15 is 0 Å². The highest BCUT2D eigenvalue weighted by Crippen LogP contribution is 2.22. The highest BCUT2D eigenvalue weighted by molar-refractivity contribution is 9.10. The largest absolute Gasteiger partial charge is 0.318 e. The first kappa shape index (κ1) is 27.1. The number of hydrogen-bond donors (Lipinski definition) is 1. The van der Waals surface area contributed by atoms with Gasteiger partial charge in [0.05, 0.1) is 6.21 Å². The first-order chi connectivity index (χ1) is 19.0. The van der Waals surface area contributed by atoms with Gasteiger partial charge in [0.25, 0.3) is 5.91 Å². The van der Waals surface area contributed by atoms with Gasteiger partial charge in [-0.3, -0.25) is 14.6 Å². The standard InChI is InChI=1S/C32H34BrN5O/c1-24-19-29(25(2)38(24)31-10-6-9-30(33)20-31)21-34-35-32(39)28-13-11-27(12-14-28)23-37-17-15-36(16-18-37)22-26-7-4-3-5-8-26/h3-14,19-21H,15-18,22-23H2,1-2H3,(H,35,39)/b34-21-. The summed E-state index contributed by atoms with van der Waals surface area (Å²) < 4.78 is 3.21. The van der Waals surface area contributed by atoms with Gasteiger partial charge in [-0.1, -0.05) is 64.5 Å². The Morgan fingerprint density at radius 2 is 1.49 bits per heavy atom. The second kappa shape index (κ2) is 12.6. The number of carbonyl (C=O) groups excluding carboxylic acids is 1. The molecule has 0 aliphatic carbocycles. The molecule has 0 radical (unpaired) electrons. The van der Waals surface area contributed by atoms with E-state index in [1.54, 1.807) is 6.21 Å². The zero-order valence-electron chi connectivity index (χ0n) is 22.5. The fourth-order valence-corrected chi connectivity index (χ4v) is 5.51. The number of piperazine rings is 1. The fourth-order valence-electron chi connectivity index (χ4n) is 5.12. The fraction of sp³-hybridized carbons (Fsp3) is 0.250. The van der Waals surface area contributed by atoms with Gasteiger partial charge in [-0.2, -0.15) is 5.10 Å². The summed E-state index contributed by atoms with van der Waals surface area (Å²) in [4.78, 5) is 17.7. The first-order valence-electron chi connectivity index (χ1n) is 13.3. The van der Waals surface area contributed by atoms with Crippen molar-refractivity contribution in [2.24, 2.45) is 5.10 Å². The smallest absolute Gasteiger partial charge is 0.271 e. The van der Waals surface area contributed by atoms with Gasteiger partial charge in [-0.15, -0.1) is 0 Å². The quantitative estimate of drug-likeness (QED) is 0.206. The lowest BCUT2D eigenvalue weighted by atomic mass is 10.1. The van der Waals surface area contributed by atoms with Gasteiger partial charge in [0, 0.05) is 71.9 Å². The summed E-state index contributed by atoms with van der Waals surface area (Å²) in [6.45, 7) is 10.3. The molecule has 6 nitrogen and oxygen atoms in total. The average Bonchev–Trinajstić information content (AvgIpc) is 3.23. The molecule has 1 aliphatic rings. The van der Waals surface area contributed by atoms with Crippen molar-refractivity contribution >= 4 is 28.1 Å². The Morgan fingerprint density at radius 3 is 2.13 bits per heavy atom. The molecular formula is C32H34BrN5O. The Balaban J connectivity index is 1.12. The molecule has 0 atom stereocenters. The summed E-state index contributed by atoms with van der Waals surface area (Å²) in [7, 11) is 0. The number of benzene rings is 3. The number of rotatable bonds is 8. The van der Waals surface area contributed by atoms with E-state index in [9.17, 15) is 4.79 Å². The van der Waals surface area contributed by atoms with Crippen molar-refractivity contribution in [3.8, 4) is 5.69 Å². The summed E-state index contributed by atoms with van der Waals surface area (Å²) in [5, 5.41) is 4.24. The van der Waals surface area contributed by atoms with Crippen LogP contribution in [0.2, 0.25) is 0 Å². The maximum Gasteiger partial charge on any atom is 0.271 e. The third kappa shape index (κ3) is 6.92. The molecule has 4 aromatic rings. The lowest BCUT2D eigenvalue weighted by Crippen LogP contribution is -2.45. The minimum Gasteiger partial charge on any atom is -0.318 e. The molecule has 0 unspecified atom stereocenters. The van der Waals surface area contributed by atoms with Crippen LogP contribution >= 0.6 is 15.9 Å². The summed E-state index contributed by atoms with van der Waals surface area (Å²) in [6.07, 6.45) is 1.71. The van der Waals surface area contributed by atoms with Crippen LogP contribution in [0.4, 0.5) is 0 Å². The average molecular weight is 585 g/mol. The van der Waals surface area contributed by atoms with Gasteiger partial charge in [-0.25, -0.2) is 5.43 Å². The highest BCUT2D eigenvalue weighted by atomic mass is 79.9. The Labute approximate surface area is 239 Å². The van der Waals surface area contributed by atoms with Crippen LogP contribution in [0, 0.1) is 13.8 Å². The third-order valence-corrected chi connectivity index (χ3v) is 7.74. The van der Waals surface area contributed by atoms with Crippen LogP contribution < -0.4 is 5.43 Å². The van der Waals surface area contributed by atoms with Gasteiger partial charge in [0.15, 0.2) is 0 Å². The predicted octanol–water partition coefficient (Wildman–Crippen LogP) is 5.94. The number of nitrogens with zero attached hydrogens (tertiary/aromatic N) is 4. The van der Waals surface area contributed by atoms with E-state index in [0.717, 1.165) is 66.4 Å². The molecule has 0 saturated carbocycles. The van der Waals surface area contributed by atoms with Gasteiger partial charge in [0.1, 0.15) is 0 Å². The van der Waals surface area contributed by atoms with E-state index in [2.05, 4.69) is 103 Å². The van der Waals surface area contributed by atoms with Gasteiger partial charge < -0.3 is 4.57 Å². The maximum absolute atomic E-state index is 12.7. The highest BCUT2D eigenvalue weighted by Gasteiger charge is 2.17. The molecule has 200 valence electrons. The molecule has 1 aliphatic heterocycles. The number of nitrogens with one attached hydrogen (secondary N) is 1. The summed E-state index contributed by atoms with van der Waals surface area (Å²) >= 11 is 3.55. The Bertz CT molecular complexity index is 1440. The summed E-state index contributed by atoms with van der Waals surface area (Å²) in [5.41, 5.74) is 10.1. The van der Waals surface area contributed by atoms with Crippen molar-refractivity contribution in [3.05, 3.63) is 123 Å². The topological polar surface area (TPSA) is 52.9 Å². The molecule has 1 amide bonds. The van der Waals surface area contributed by atoms with E-state index in [4.69, 9.17) is 0 Å². The molecule has 5 rings (SSSR count). The Kier molecular flexibility index (Phi) is 8.71. The Hall–Kier alpha value is -3.52. The van der Waals surface area contributed by atoms with Crippen LogP contribution in [0.5, 0.6) is 0 Å². The zero-order chi connectivity index (χ0) is 27.2. The number of amides is 1. The molecule has 1 saturated heterocycles. The first-order valence-corrected chi connectivity index (χ1v) is 14.1. The normalized spacial score (nSPS) is 14.6. The number of carbonyl (C=O) groups is 1. The molecule has 1 aromatic heterocycles. The predicted molar refractivity (Wildman–Crippen MR) is 161 cm³/mol. The molecule has 1 fully saturated rings.